The first-order chi connectivity index (χ1) is 10.2. The Labute approximate surface area is 125 Å². The molecule has 2 N–H and O–H groups in total. The van der Waals surface area contributed by atoms with Crippen LogP contribution in [0.2, 0.25) is 0 Å². The van der Waals surface area contributed by atoms with Gasteiger partial charge in [0.2, 0.25) is 0 Å². The van der Waals surface area contributed by atoms with Gasteiger partial charge in [0.1, 0.15) is 5.82 Å². The molecular weight excluding hydrogens is 258 g/mol. The summed E-state index contributed by atoms with van der Waals surface area (Å²) in [5, 5.41) is 0. The van der Waals surface area contributed by atoms with E-state index in [-0.39, 0.29) is 0 Å². The highest BCUT2D eigenvalue weighted by Crippen LogP contribution is 2.20. The molecule has 0 bridgehead atoms. The van der Waals surface area contributed by atoms with Crippen LogP contribution in [0.4, 0.5) is 0 Å². The highest BCUT2D eigenvalue weighted by atomic mass is 15.1. The van der Waals surface area contributed by atoms with Crippen molar-refractivity contribution in [1.82, 2.24) is 9.55 Å². The molecule has 2 aromatic carbocycles. The van der Waals surface area contributed by atoms with Crippen LogP contribution < -0.4 is 5.73 Å². The van der Waals surface area contributed by atoms with Gasteiger partial charge in [-0.2, -0.15) is 0 Å². The fourth-order valence-corrected chi connectivity index (χ4v) is 2.74. The maximum absolute atomic E-state index is 5.75. The van der Waals surface area contributed by atoms with Crippen LogP contribution in [0.3, 0.4) is 0 Å². The van der Waals surface area contributed by atoms with Gasteiger partial charge in [0, 0.05) is 13.0 Å². The highest BCUT2D eigenvalue weighted by Gasteiger charge is 2.11. The Kier molecular flexibility index (Phi) is 3.76. The summed E-state index contributed by atoms with van der Waals surface area (Å²) in [7, 11) is 0. The smallest absolute Gasteiger partial charge is 0.111 e. The second-order valence-corrected chi connectivity index (χ2v) is 5.57. The summed E-state index contributed by atoms with van der Waals surface area (Å²) >= 11 is 0. The number of fused-ring (bicyclic) bond motifs is 1. The number of hydrogen-bond donors (Lipinski definition) is 1. The molecule has 1 aromatic heterocycles. The van der Waals surface area contributed by atoms with Gasteiger partial charge in [-0.15, -0.1) is 0 Å². The third-order valence-electron chi connectivity index (χ3n) is 3.94. The lowest BCUT2D eigenvalue weighted by molar-refractivity contribution is 0.732. The zero-order chi connectivity index (χ0) is 14.8. The van der Waals surface area contributed by atoms with Crippen molar-refractivity contribution in [3.8, 4) is 0 Å². The van der Waals surface area contributed by atoms with Crippen LogP contribution in [0, 0.1) is 13.8 Å². The lowest BCUT2D eigenvalue weighted by atomic mass is 10.1. The summed E-state index contributed by atoms with van der Waals surface area (Å²) in [5.41, 5.74) is 11.9. The molecule has 3 aromatic rings. The first-order valence-corrected chi connectivity index (χ1v) is 7.39. The van der Waals surface area contributed by atoms with Gasteiger partial charge in [-0.1, -0.05) is 30.3 Å². The monoisotopic (exact) mass is 279 g/mol. The van der Waals surface area contributed by atoms with Gasteiger partial charge in [-0.25, -0.2) is 4.98 Å². The molecule has 3 heteroatoms. The number of hydrogen-bond acceptors (Lipinski definition) is 2. The fourth-order valence-electron chi connectivity index (χ4n) is 2.74. The second-order valence-electron chi connectivity index (χ2n) is 5.57. The number of nitrogens with two attached hydrogens (primary N) is 1. The molecule has 3 rings (SSSR count). The lowest BCUT2D eigenvalue weighted by Crippen LogP contribution is -2.11. The molecule has 0 aliphatic heterocycles. The molecule has 0 unspecified atom stereocenters. The first-order valence-electron chi connectivity index (χ1n) is 7.39. The van der Waals surface area contributed by atoms with E-state index in [4.69, 9.17) is 10.7 Å². The van der Waals surface area contributed by atoms with E-state index in [9.17, 15) is 0 Å². The average Bonchev–Trinajstić information content (AvgIpc) is 2.79. The minimum atomic E-state index is 0.621. The van der Waals surface area contributed by atoms with E-state index in [2.05, 4.69) is 60.9 Å². The molecule has 1 heterocycles. The molecule has 108 valence electrons. The molecule has 21 heavy (non-hydrogen) atoms. The van der Waals surface area contributed by atoms with Crippen molar-refractivity contribution in [3.63, 3.8) is 0 Å². The number of benzene rings is 2. The van der Waals surface area contributed by atoms with Crippen molar-refractivity contribution in [2.75, 3.05) is 6.54 Å². The third-order valence-corrected chi connectivity index (χ3v) is 3.94. The van der Waals surface area contributed by atoms with Crippen molar-refractivity contribution in [1.29, 1.82) is 0 Å². The molecule has 3 nitrogen and oxygen atoms in total. The average molecular weight is 279 g/mol. The summed E-state index contributed by atoms with van der Waals surface area (Å²) < 4.78 is 2.30. The van der Waals surface area contributed by atoms with Crippen LogP contribution in [-0.4, -0.2) is 16.1 Å². The SMILES string of the molecule is Cc1ccc2c(c1)nc(CCN)n2Cc1ccccc1C. The van der Waals surface area contributed by atoms with Crippen LogP contribution in [0.1, 0.15) is 22.5 Å². The second kappa shape index (κ2) is 5.70. The summed E-state index contributed by atoms with van der Waals surface area (Å²) in [6.07, 6.45) is 0.805. The third kappa shape index (κ3) is 2.69. The van der Waals surface area contributed by atoms with Crippen LogP contribution >= 0.6 is 0 Å². The zero-order valence-electron chi connectivity index (χ0n) is 12.6. The molecule has 0 saturated heterocycles. The Hall–Kier alpha value is -2.13. The molecule has 0 aliphatic rings. The van der Waals surface area contributed by atoms with E-state index in [1.807, 2.05) is 0 Å². The van der Waals surface area contributed by atoms with Crippen molar-refractivity contribution in [3.05, 3.63) is 65.0 Å². The number of nitrogens with zero attached hydrogens (tertiary/aromatic N) is 2. The number of rotatable bonds is 4. The Morgan fingerprint density at radius 3 is 2.67 bits per heavy atom. The Morgan fingerprint density at radius 2 is 1.90 bits per heavy atom. The van der Waals surface area contributed by atoms with Crippen LogP contribution in [0.25, 0.3) is 11.0 Å². The molecule has 0 atom stereocenters. The van der Waals surface area contributed by atoms with E-state index in [1.165, 1.54) is 22.2 Å². The zero-order valence-corrected chi connectivity index (χ0v) is 12.6. The predicted octanol–water partition coefficient (Wildman–Crippen LogP) is 3.20. The van der Waals surface area contributed by atoms with Crippen molar-refractivity contribution >= 4 is 11.0 Å². The number of imidazole rings is 1. The predicted molar refractivity (Wildman–Crippen MR) is 87.5 cm³/mol. The van der Waals surface area contributed by atoms with Crippen molar-refractivity contribution in [2.24, 2.45) is 5.73 Å². The number of aromatic nitrogens is 2. The van der Waals surface area contributed by atoms with Crippen LogP contribution in [0.5, 0.6) is 0 Å². The van der Waals surface area contributed by atoms with Crippen molar-refractivity contribution < 1.29 is 0 Å². The van der Waals surface area contributed by atoms with Gasteiger partial charge in [0.25, 0.3) is 0 Å². The van der Waals surface area contributed by atoms with E-state index in [1.54, 1.807) is 0 Å². The molecule has 0 radical (unpaired) electrons. The lowest BCUT2D eigenvalue weighted by Gasteiger charge is -2.11. The van der Waals surface area contributed by atoms with Crippen LogP contribution in [0.15, 0.2) is 42.5 Å². The van der Waals surface area contributed by atoms with Gasteiger partial charge in [-0.05, 0) is 49.2 Å². The van der Waals surface area contributed by atoms with E-state index in [0.29, 0.717) is 6.54 Å². The topological polar surface area (TPSA) is 43.8 Å². The normalized spacial score (nSPS) is 11.2. The maximum atomic E-state index is 5.75. The van der Waals surface area contributed by atoms with Gasteiger partial charge in [0.15, 0.2) is 0 Å². The Balaban J connectivity index is 2.11. The standard InChI is InChI=1S/C18H21N3/c1-13-7-8-17-16(11-13)20-18(9-10-19)21(17)12-15-6-4-3-5-14(15)2/h3-8,11H,9-10,12,19H2,1-2H3. The summed E-state index contributed by atoms with van der Waals surface area (Å²) in [6.45, 7) is 5.72. The maximum Gasteiger partial charge on any atom is 0.111 e. The Morgan fingerprint density at radius 1 is 1.10 bits per heavy atom. The summed E-state index contributed by atoms with van der Waals surface area (Å²) in [6, 6.07) is 15.0. The summed E-state index contributed by atoms with van der Waals surface area (Å²) in [5.74, 6) is 1.07. The molecule has 0 spiro atoms. The molecule has 0 fully saturated rings. The van der Waals surface area contributed by atoms with Gasteiger partial charge in [-0.3, -0.25) is 0 Å². The fraction of sp³-hybridized carbons (Fsp3) is 0.278. The van der Waals surface area contributed by atoms with E-state index in [0.717, 1.165) is 24.3 Å². The Bertz CT molecular complexity index is 771. The van der Waals surface area contributed by atoms with Gasteiger partial charge < -0.3 is 10.3 Å². The molecule has 0 aliphatic carbocycles. The minimum absolute atomic E-state index is 0.621. The number of aryl methyl sites for hydroxylation is 2. The first kappa shape index (κ1) is 13.8. The van der Waals surface area contributed by atoms with Gasteiger partial charge >= 0.3 is 0 Å². The minimum Gasteiger partial charge on any atom is -0.330 e. The molecule has 0 saturated carbocycles. The quantitative estimate of drug-likeness (QED) is 0.797. The van der Waals surface area contributed by atoms with Gasteiger partial charge in [0.05, 0.1) is 11.0 Å². The van der Waals surface area contributed by atoms with E-state index < -0.39 is 0 Å². The highest BCUT2D eigenvalue weighted by molar-refractivity contribution is 5.77. The summed E-state index contributed by atoms with van der Waals surface area (Å²) in [4.78, 5) is 4.77. The largest absolute Gasteiger partial charge is 0.330 e. The van der Waals surface area contributed by atoms with E-state index >= 15 is 0 Å². The molecular formula is C18H21N3. The van der Waals surface area contributed by atoms with Crippen molar-refractivity contribution in [2.45, 2.75) is 26.8 Å². The van der Waals surface area contributed by atoms with Crippen LogP contribution in [-0.2, 0) is 13.0 Å². The molecule has 0 amide bonds.